The van der Waals surface area contributed by atoms with Gasteiger partial charge < -0.3 is 10.2 Å². The third-order valence-electron chi connectivity index (χ3n) is 3.91. The second-order valence-corrected chi connectivity index (χ2v) is 5.35. The van der Waals surface area contributed by atoms with Crippen LogP contribution in [0.15, 0.2) is 0 Å². The van der Waals surface area contributed by atoms with Crippen LogP contribution in [0.25, 0.3) is 0 Å². The Bertz CT molecular complexity index is 189. The highest BCUT2D eigenvalue weighted by molar-refractivity contribution is 4.89. The molecule has 82 valence electrons. The summed E-state index contributed by atoms with van der Waals surface area (Å²) in [4.78, 5) is 0. The van der Waals surface area contributed by atoms with Crippen molar-refractivity contribution >= 4 is 0 Å². The maximum Gasteiger partial charge on any atom is 0.0830 e. The second-order valence-electron chi connectivity index (χ2n) is 5.35. The van der Waals surface area contributed by atoms with E-state index in [1.807, 2.05) is 0 Å². The number of hydrogen-bond donors (Lipinski definition) is 2. The first-order chi connectivity index (χ1) is 6.68. The average molecular weight is 198 g/mol. The van der Waals surface area contributed by atoms with Gasteiger partial charge in [-0.3, -0.25) is 0 Å². The maximum absolute atomic E-state index is 10.0. The largest absolute Gasteiger partial charge is 0.390 e. The number of rotatable bonds is 3. The molecule has 2 nitrogen and oxygen atoms in total. The van der Waals surface area contributed by atoms with Gasteiger partial charge in [0.05, 0.1) is 12.2 Å². The van der Waals surface area contributed by atoms with Crippen LogP contribution in [-0.2, 0) is 0 Å². The zero-order valence-electron chi connectivity index (χ0n) is 9.02. The van der Waals surface area contributed by atoms with Crippen molar-refractivity contribution in [2.45, 2.75) is 57.7 Å². The van der Waals surface area contributed by atoms with Crippen molar-refractivity contribution in [3.63, 3.8) is 0 Å². The van der Waals surface area contributed by atoms with Crippen LogP contribution < -0.4 is 0 Å². The van der Waals surface area contributed by atoms with Crippen LogP contribution >= 0.6 is 0 Å². The molecule has 0 aromatic heterocycles. The minimum absolute atomic E-state index is 0.356. The van der Waals surface area contributed by atoms with Crippen LogP contribution in [0, 0.1) is 17.8 Å². The van der Waals surface area contributed by atoms with Crippen molar-refractivity contribution in [3.8, 4) is 0 Å². The zero-order valence-corrected chi connectivity index (χ0v) is 9.02. The molecule has 2 saturated carbocycles. The molecule has 2 rings (SSSR count). The van der Waals surface area contributed by atoms with Crippen LogP contribution in [-0.4, -0.2) is 22.4 Å². The van der Waals surface area contributed by atoms with E-state index >= 15 is 0 Å². The van der Waals surface area contributed by atoms with E-state index in [0.717, 1.165) is 31.6 Å². The van der Waals surface area contributed by atoms with Crippen molar-refractivity contribution < 1.29 is 10.2 Å². The smallest absolute Gasteiger partial charge is 0.0830 e. The normalized spacial score (nSPS) is 37.9. The summed E-state index contributed by atoms with van der Waals surface area (Å²) in [6.45, 7) is 2.25. The SMILES string of the molecule is CC1CCCC(C(O)C(O)C2CC2)C1. The molecule has 2 N–H and O–H groups in total. The van der Waals surface area contributed by atoms with Gasteiger partial charge in [0.25, 0.3) is 0 Å². The van der Waals surface area contributed by atoms with E-state index in [0.29, 0.717) is 11.8 Å². The predicted molar refractivity (Wildman–Crippen MR) is 55.9 cm³/mol. The Morgan fingerprint density at radius 1 is 0.929 bits per heavy atom. The lowest BCUT2D eigenvalue weighted by atomic mass is 9.78. The van der Waals surface area contributed by atoms with Gasteiger partial charge in [-0.25, -0.2) is 0 Å². The van der Waals surface area contributed by atoms with E-state index in [1.165, 1.54) is 12.8 Å². The lowest BCUT2D eigenvalue weighted by molar-refractivity contribution is -0.0420. The van der Waals surface area contributed by atoms with Crippen molar-refractivity contribution in [2.24, 2.45) is 17.8 Å². The van der Waals surface area contributed by atoms with Gasteiger partial charge in [0.15, 0.2) is 0 Å². The average Bonchev–Trinajstić information content (AvgIpc) is 2.99. The zero-order chi connectivity index (χ0) is 10.1. The predicted octanol–water partition coefficient (Wildman–Crippen LogP) is 1.94. The summed E-state index contributed by atoms with van der Waals surface area (Å²) < 4.78 is 0. The van der Waals surface area contributed by atoms with E-state index in [1.54, 1.807) is 0 Å². The van der Waals surface area contributed by atoms with E-state index < -0.39 is 12.2 Å². The van der Waals surface area contributed by atoms with Crippen molar-refractivity contribution in [2.75, 3.05) is 0 Å². The topological polar surface area (TPSA) is 40.5 Å². The highest BCUT2D eigenvalue weighted by Crippen LogP contribution is 2.39. The fourth-order valence-electron chi connectivity index (χ4n) is 2.79. The van der Waals surface area contributed by atoms with Crippen molar-refractivity contribution in [1.82, 2.24) is 0 Å². The van der Waals surface area contributed by atoms with Gasteiger partial charge in [-0.05, 0) is 43.4 Å². The lowest BCUT2D eigenvalue weighted by Crippen LogP contribution is -2.37. The van der Waals surface area contributed by atoms with Crippen LogP contribution in [0.2, 0.25) is 0 Å². The third kappa shape index (κ3) is 2.29. The number of aliphatic hydroxyl groups is 2. The minimum atomic E-state index is -0.453. The molecule has 0 aromatic rings. The molecule has 2 aliphatic rings. The molecule has 2 aliphatic carbocycles. The molecular formula is C12H22O2. The van der Waals surface area contributed by atoms with Gasteiger partial charge in [0.2, 0.25) is 0 Å². The van der Waals surface area contributed by atoms with Gasteiger partial charge in [-0.15, -0.1) is 0 Å². The first kappa shape index (κ1) is 10.4. The molecule has 0 amide bonds. The summed E-state index contributed by atoms with van der Waals surface area (Å²) in [5.74, 6) is 1.49. The lowest BCUT2D eigenvalue weighted by Gasteiger charge is -2.32. The standard InChI is InChI=1S/C12H22O2/c1-8-3-2-4-10(7-8)12(14)11(13)9-5-6-9/h8-14H,2-7H2,1H3. The summed E-state index contributed by atoms with van der Waals surface area (Å²) in [6, 6.07) is 0. The molecule has 0 heterocycles. The monoisotopic (exact) mass is 198 g/mol. The molecule has 4 atom stereocenters. The Morgan fingerprint density at radius 2 is 1.57 bits per heavy atom. The summed E-state index contributed by atoms with van der Waals surface area (Å²) in [5, 5.41) is 19.9. The molecular weight excluding hydrogens is 176 g/mol. The summed E-state index contributed by atoms with van der Waals surface area (Å²) in [7, 11) is 0. The van der Waals surface area contributed by atoms with Gasteiger partial charge in [0, 0.05) is 0 Å². The van der Waals surface area contributed by atoms with Gasteiger partial charge in [-0.1, -0.05) is 19.8 Å². The Labute approximate surface area is 86.3 Å². The van der Waals surface area contributed by atoms with Gasteiger partial charge >= 0.3 is 0 Å². The van der Waals surface area contributed by atoms with Crippen molar-refractivity contribution in [3.05, 3.63) is 0 Å². The number of aliphatic hydroxyl groups excluding tert-OH is 2. The molecule has 0 bridgehead atoms. The number of hydrogen-bond acceptors (Lipinski definition) is 2. The molecule has 2 fully saturated rings. The van der Waals surface area contributed by atoms with Crippen LogP contribution in [0.1, 0.15) is 45.4 Å². The summed E-state index contributed by atoms with van der Waals surface area (Å²) in [5.41, 5.74) is 0. The Kier molecular flexibility index (Phi) is 3.13. The van der Waals surface area contributed by atoms with Crippen LogP contribution in [0.3, 0.4) is 0 Å². The van der Waals surface area contributed by atoms with Gasteiger partial charge in [0.1, 0.15) is 0 Å². The van der Waals surface area contributed by atoms with E-state index in [9.17, 15) is 10.2 Å². The molecule has 4 unspecified atom stereocenters. The summed E-state index contributed by atoms with van der Waals surface area (Å²) in [6.07, 6.45) is 6.06. The molecule has 2 heteroatoms. The minimum Gasteiger partial charge on any atom is -0.390 e. The fraction of sp³-hybridized carbons (Fsp3) is 1.00. The Balaban J connectivity index is 1.85. The fourth-order valence-corrected chi connectivity index (χ4v) is 2.79. The third-order valence-corrected chi connectivity index (χ3v) is 3.91. The maximum atomic E-state index is 10.0. The molecule has 0 spiro atoms. The Hall–Kier alpha value is -0.0800. The molecule has 0 radical (unpaired) electrons. The van der Waals surface area contributed by atoms with Crippen LogP contribution in [0.4, 0.5) is 0 Å². The van der Waals surface area contributed by atoms with E-state index in [4.69, 9.17) is 0 Å². The first-order valence-corrected chi connectivity index (χ1v) is 6.04. The highest BCUT2D eigenvalue weighted by atomic mass is 16.3. The van der Waals surface area contributed by atoms with E-state index in [-0.39, 0.29) is 0 Å². The quantitative estimate of drug-likeness (QED) is 0.727. The molecule has 0 aromatic carbocycles. The highest BCUT2D eigenvalue weighted by Gasteiger charge is 2.38. The van der Waals surface area contributed by atoms with Gasteiger partial charge in [-0.2, -0.15) is 0 Å². The van der Waals surface area contributed by atoms with Crippen LogP contribution in [0.5, 0.6) is 0 Å². The first-order valence-electron chi connectivity index (χ1n) is 6.04. The Morgan fingerprint density at radius 3 is 2.14 bits per heavy atom. The molecule has 0 saturated heterocycles. The van der Waals surface area contributed by atoms with Crippen molar-refractivity contribution in [1.29, 1.82) is 0 Å². The summed E-state index contributed by atoms with van der Waals surface area (Å²) >= 11 is 0. The molecule has 0 aliphatic heterocycles. The van der Waals surface area contributed by atoms with E-state index in [2.05, 4.69) is 6.92 Å². The molecule has 14 heavy (non-hydrogen) atoms. The second kappa shape index (κ2) is 4.19.